The highest BCUT2D eigenvalue weighted by molar-refractivity contribution is 7.81. The van der Waals surface area contributed by atoms with Gasteiger partial charge in [0.15, 0.2) is 5.11 Å². The van der Waals surface area contributed by atoms with Crippen LogP contribution in [0.5, 0.6) is 0 Å². The molecule has 3 aromatic rings. The van der Waals surface area contributed by atoms with E-state index in [-0.39, 0.29) is 10.7 Å². The number of thiocarbonyl (C=S) groups is 1. The number of amides is 2. The second-order valence-electron chi connectivity index (χ2n) is 9.17. The zero-order chi connectivity index (χ0) is 23.9. The zero-order valence-electron chi connectivity index (χ0n) is 19.3. The Morgan fingerprint density at radius 2 is 1.20 bits per heavy atom. The lowest BCUT2D eigenvalue weighted by atomic mass is 9.89. The molecule has 0 spiro atoms. The van der Waals surface area contributed by atoms with Crippen molar-refractivity contribution in [2.75, 3.05) is 27.8 Å². The predicted molar refractivity (Wildman–Crippen MR) is 144 cm³/mol. The maximum absolute atomic E-state index is 13.7. The van der Waals surface area contributed by atoms with E-state index in [0.717, 1.165) is 44.3 Å². The van der Waals surface area contributed by atoms with Crippen molar-refractivity contribution in [1.82, 2.24) is 0 Å². The summed E-state index contributed by atoms with van der Waals surface area (Å²) in [6.45, 7) is 2.21. The van der Waals surface area contributed by atoms with Crippen LogP contribution in [0, 0.1) is 0 Å². The Morgan fingerprint density at radius 3 is 1.69 bits per heavy atom. The fraction of sp³-hybridized carbons (Fsp3) is 0.207. The largest absolute Gasteiger partial charge is 0.371 e. The van der Waals surface area contributed by atoms with E-state index >= 15 is 0 Å². The first-order chi connectivity index (χ1) is 17.1. The van der Waals surface area contributed by atoms with Crippen LogP contribution in [-0.2, 0) is 22.4 Å². The summed E-state index contributed by atoms with van der Waals surface area (Å²) in [7, 11) is 0. The molecule has 0 radical (unpaired) electrons. The third-order valence-corrected chi connectivity index (χ3v) is 7.31. The zero-order valence-corrected chi connectivity index (χ0v) is 20.1. The van der Waals surface area contributed by atoms with Crippen LogP contribution < -0.4 is 14.7 Å². The Bertz CT molecular complexity index is 1270. The van der Waals surface area contributed by atoms with Crippen molar-refractivity contribution in [1.29, 1.82) is 0 Å². The summed E-state index contributed by atoms with van der Waals surface area (Å²) in [5.74, 6) is -0.794. The van der Waals surface area contributed by atoms with Gasteiger partial charge in [0.1, 0.15) is 5.57 Å². The van der Waals surface area contributed by atoms with Crippen LogP contribution in [0.3, 0.4) is 0 Å². The first-order valence-electron chi connectivity index (χ1n) is 12.1. The Hall–Kier alpha value is -3.77. The summed E-state index contributed by atoms with van der Waals surface area (Å²) in [6.07, 6.45) is 6.05. The molecule has 3 heterocycles. The number of hydrogen-bond acceptors (Lipinski definition) is 4. The van der Waals surface area contributed by atoms with Gasteiger partial charge in [-0.05, 0) is 97.1 Å². The molecule has 35 heavy (non-hydrogen) atoms. The summed E-state index contributed by atoms with van der Waals surface area (Å²) in [5, 5.41) is 0.158. The molecule has 3 aliphatic heterocycles. The van der Waals surface area contributed by atoms with E-state index in [1.165, 1.54) is 26.6 Å². The molecule has 0 N–H and O–H groups in total. The van der Waals surface area contributed by atoms with E-state index in [1.54, 1.807) is 6.08 Å². The van der Waals surface area contributed by atoms with Crippen molar-refractivity contribution >= 4 is 52.3 Å². The lowest BCUT2D eigenvalue weighted by Crippen LogP contribution is -2.56. The van der Waals surface area contributed by atoms with E-state index in [0.29, 0.717) is 11.4 Å². The monoisotopic (exact) mass is 479 g/mol. The highest BCUT2D eigenvalue weighted by Crippen LogP contribution is 2.37. The maximum atomic E-state index is 13.7. The number of para-hydroxylation sites is 2. The number of benzene rings is 3. The highest BCUT2D eigenvalue weighted by atomic mass is 32.1. The molecule has 6 rings (SSSR count). The molecule has 0 saturated carbocycles. The molecular weight excluding hydrogens is 454 g/mol. The fourth-order valence-electron chi connectivity index (χ4n) is 5.42. The van der Waals surface area contributed by atoms with E-state index < -0.39 is 11.8 Å². The van der Waals surface area contributed by atoms with E-state index in [2.05, 4.69) is 17.0 Å². The van der Waals surface area contributed by atoms with Gasteiger partial charge in [0.05, 0.1) is 11.4 Å². The van der Waals surface area contributed by atoms with Gasteiger partial charge in [-0.3, -0.25) is 19.4 Å². The number of carbonyl (C=O) groups is 2. The van der Waals surface area contributed by atoms with E-state index in [4.69, 9.17) is 12.2 Å². The lowest BCUT2D eigenvalue weighted by molar-refractivity contribution is -0.120. The predicted octanol–water partition coefficient (Wildman–Crippen LogP) is 5.13. The van der Waals surface area contributed by atoms with Crippen LogP contribution in [0.25, 0.3) is 6.08 Å². The number of aryl methyl sites for hydroxylation is 2. The van der Waals surface area contributed by atoms with Crippen LogP contribution in [-0.4, -0.2) is 30.0 Å². The normalized spacial score (nSPS) is 17.5. The third-order valence-electron chi connectivity index (χ3n) is 6.94. The summed E-state index contributed by atoms with van der Waals surface area (Å²) >= 11 is 5.70. The molecule has 0 aliphatic carbocycles. The average molecular weight is 480 g/mol. The van der Waals surface area contributed by atoms with Crippen LogP contribution in [0.15, 0.2) is 78.4 Å². The minimum atomic E-state index is -0.397. The molecule has 1 saturated heterocycles. The topological polar surface area (TPSA) is 43.9 Å². The molecule has 5 nitrogen and oxygen atoms in total. The summed E-state index contributed by atoms with van der Waals surface area (Å²) in [4.78, 5) is 32.9. The number of rotatable bonds is 3. The summed E-state index contributed by atoms with van der Waals surface area (Å²) in [6, 6.07) is 22.8. The summed E-state index contributed by atoms with van der Waals surface area (Å²) in [5.41, 5.74) is 6.27. The minimum absolute atomic E-state index is 0.113. The molecule has 3 aromatic carbocycles. The Morgan fingerprint density at radius 1 is 0.714 bits per heavy atom. The third kappa shape index (κ3) is 3.74. The first-order valence-corrected chi connectivity index (χ1v) is 12.5. The quantitative estimate of drug-likeness (QED) is 0.297. The van der Waals surface area contributed by atoms with Crippen LogP contribution in [0.4, 0.5) is 17.1 Å². The van der Waals surface area contributed by atoms with Crippen molar-refractivity contribution in [2.24, 2.45) is 0 Å². The number of hydrogen-bond donors (Lipinski definition) is 0. The molecular formula is C29H25N3O2S. The van der Waals surface area contributed by atoms with E-state index in [9.17, 15) is 9.59 Å². The second-order valence-corrected chi connectivity index (χ2v) is 9.54. The standard InChI is InChI=1S/C29H25N3O2S/c33-27-25(19-20-17-21-9-7-15-30-16-8-10-22(18-20)26(21)30)28(34)32(24-13-5-2-6-14-24)29(35)31(27)23-11-3-1-4-12-23/h1-6,11-14,17-19H,7-10,15-16H2. The van der Waals surface area contributed by atoms with Crippen molar-refractivity contribution in [3.63, 3.8) is 0 Å². The Balaban J connectivity index is 1.48. The molecule has 0 bridgehead atoms. The minimum Gasteiger partial charge on any atom is -0.371 e. The van der Waals surface area contributed by atoms with Crippen LogP contribution >= 0.6 is 12.2 Å². The van der Waals surface area contributed by atoms with Crippen molar-refractivity contribution in [3.05, 3.63) is 95.1 Å². The van der Waals surface area contributed by atoms with Crippen LogP contribution in [0.1, 0.15) is 29.5 Å². The van der Waals surface area contributed by atoms with E-state index in [1.807, 2.05) is 60.7 Å². The lowest BCUT2D eigenvalue weighted by Gasteiger charge is -2.37. The Kier molecular flexibility index (Phi) is 5.46. The van der Waals surface area contributed by atoms with Crippen molar-refractivity contribution < 1.29 is 9.59 Å². The number of nitrogens with zero attached hydrogens (tertiary/aromatic N) is 3. The van der Waals surface area contributed by atoms with Gasteiger partial charge in [0.25, 0.3) is 11.8 Å². The van der Waals surface area contributed by atoms with Crippen molar-refractivity contribution in [3.8, 4) is 0 Å². The van der Waals surface area contributed by atoms with Gasteiger partial charge < -0.3 is 4.90 Å². The maximum Gasteiger partial charge on any atom is 0.270 e. The molecule has 2 amide bonds. The Labute approximate surface area is 210 Å². The van der Waals surface area contributed by atoms with Gasteiger partial charge in [-0.25, -0.2) is 0 Å². The highest BCUT2D eigenvalue weighted by Gasteiger charge is 2.41. The smallest absolute Gasteiger partial charge is 0.270 e. The molecule has 0 aromatic heterocycles. The molecule has 3 aliphatic rings. The fourth-order valence-corrected chi connectivity index (χ4v) is 5.80. The SMILES string of the molecule is O=C1C(=Cc2cc3c4c(c2)CCCN4CCC3)C(=O)N(c2ccccc2)C(=S)N1c1ccccc1. The van der Waals surface area contributed by atoms with Gasteiger partial charge in [-0.1, -0.05) is 36.4 Å². The van der Waals surface area contributed by atoms with Gasteiger partial charge in [-0.2, -0.15) is 0 Å². The molecule has 6 heteroatoms. The van der Waals surface area contributed by atoms with Gasteiger partial charge in [0, 0.05) is 18.8 Å². The molecule has 0 atom stereocenters. The average Bonchev–Trinajstić information content (AvgIpc) is 2.88. The number of anilines is 3. The second kappa shape index (κ2) is 8.78. The van der Waals surface area contributed by atoms with Crippen LogP contribution in [0.2, 0.25) is 0 Å². The van der Waals surface area contributed by atoms with Gasteiger partial charge in [-0.15, -0.1) is 0 Å². The summed E-state index contributed by atoms with van der Waals surface area (Å²) < 4.78 is 0. The molecule has 0 unspecified atom stereocenters. The molecule has 174 valence electrons. The molecule has 1 fully saturated rings. The van der Waals surface area contributed by atoms with Crippen molar-refractivity contribution in [2.45, 2.75) is 25.7 Å². The van der Waals surface area contributed by atoms with Gasteiger partial charge in [0.2, 0.25) is 0 Å². The number of carbonyl (C=O) groups excluding carboxylic acids is 2. The first kappa shape index (κ1) is 21.7. The van der Waals surface area contributed by atoms with Gasteiger partial charge >= 0.3 is 0 Å².